The highest BCUT2D eigenvalue weighted by Gasteiger charge is 2.19. The van der Waals surface area contributed by atoms with Gasteiger partial charge in [0.15, 0.2) is 0 Å². The van der Waals surface area contributed by atoms with Crippen molar-refractivity contribution in [3.63, 3.8) is 0 Å². The first-order valence-corrected chi connectivity index (χ1v) is 5.05. The zero-order valence-corrected chi connectivity index (χ0v) is 8.88. The van der Waals surface area contributed by atoms with E-state index in [0.717, 1.165) is 17.2 Å². The molecule has 0 bridgehead atoms. The summed E-state index contributed by atoms with van der Waals surface area (Å²) in [5.74, 6) is -2.40. The molecule has 2 N–H and O–H groups in total. The van der Waals surface area contributed by atoms with Gasteiger partial charge in [-0.1, -0.05) is 30.3 Å². The van der Waals surface area contributed by atoms with E-state index in [0.29, 0.717) is 12.0 Å². The minimum Gasteiger partial charge on any atom is -0.507 e. The number of allylic oxidation sites excluding steroid dienone is 2. The number of hydrogen-bond acceptors (Lipinski definition) is 3. The number of hydrogen-bond donors (Lipinski definition) is 2. The van der Waals surface area contributed by atoms with Gasteiger partial charge in [-0.15, -0.1) is 0 Å². The SMILES string of the molecule is O=C(O)C(=O)/C=C/C1=C(O)c2ccccc2C1. The van der Waals surface area contributed by atoms with E-state index in [1.807, 2.05) is 18.2 Å². The molecule has 0 saturated carbocycles. The molecule has 0 unspecified atom stereocenters. The van der Waals surface area contributed by atoms with Crippen LogP contribution in [-0.4, -0.2) is 22.0 Å². The van der Waals surface area contributed by atoms with Crippen LogP contribution in [0.1, 0.15) is 11.1 Å². The van der Waals surface area contributed by atoms with Crippen LogP contribution in [0.5, 0.6) is 0 Å². The summed E-state index contributed by atoms with van der Waals surface area (Å²) in [6.07, 6.45) is 2.82. The quantitative estimate of drug-likeness (QED) is 0.612. The first-order chi connectivity index (χ1) is 8.09. The third-order valence-corrected chi connectivity index (χ3v) is 2.60. The maximum atomic E-state index is 10.9. The predicted octanol–water partition coefficient (Wildman–Crippen LogP) is 1.72. The van der Waals surface area contributed by atoms with Gasteiger partial charge in [0.1, 0.15) is 5.76 Å². The maximum absolute atomic E-state index is 10.9. The van der Waals surface area contributed by atoms with Crippen molar-refractivity contribution in [2.75, 3.05) is 0 Å². The molecule has 1 aliphatic carbocycles. The van der Waals surface area contributed by atoms with Crippen LogP contribution >= 0.6 is 0 Å². The molecular weight excluding hydrogens is 220 g/mol. The number of rotatable bonds is 3. The summed E-state index contributed by atoms with van der Waals surface area (Å²) < 4.78 is 0. The van der Waals surface area contributed by atoms with Crippen molar-refractivity contribution in [2.24, 2.45) is 0 Å². The highest BCUT2D eigenvalue weighted by Crippen LogP contribution is 2.31. The van der Waals surface area contributed by atoms with Crippen LogP contribution in [-0.2, 0) is 16.0 Å². The van der Waals surface area contributed by atoms with E-state index < -0.39 is 11.8 Å². The van der Waals surface area contributed by atoms with Crippen molar-refractivity contribution in [2.45, 2.75) is 6.42 Å². The number of carbonyl (C=O) groups is 2. The van der Waals surface area contributed by atoms with Crippen molar-refractivity contribution in [1.82, 2.24) is 0 Å². The number of aliphatic hydroxyl groups is 1. The zero-order valence-electron chi connectivity index (χ0n) is 8.88. The number of benzene rings is 1. The third kappa shape index (κ3) is 2.10. The summed E-state index contributed by atoms with van der Waals surface area (Å²) in [6, 6.07) is 7.33. The summed E-state index contributed by atoms with van der Waals surface area (Å²) in [5.41, 5.74) is 2.25. The molecule has 86 valence electrons. The lowest BCUT2D eigenvalue weighted by molar-refractivity contribution is -0.146. The van der Waals surface area contributed by atoms with Crippen LogP contribution in [0.2, 0.25) is 0 Å². The van der Waals surface area contributed by atoms with E-state index in [1.165, 1.54) is 6.08 Å². The fraction of sp³-hybridized carbons (Fsp3) is 0.0769. The molecule has 0 aromatic heterocycles. The fourth-order valence-electron chi connectivity index (χ4n) is 1.75. The molecule has 2 rings (SSSR count). The molecule has 0 saturated heterocycles. The standard InChI is InChI=1S/C13H10O4/c14-11(13(16)17)6-5-9-7-8-3-1-2-4-10(8)12(9)15/h1-6,15H,7H2,(H,16,17)/b6-5+. The van der Waals surface area contributed by atoms with Gasteiger partial charge in [0.05, 0.1) is 0 Å². The van der Waals surface area contributed by atoms with Crippen molar-refractivity contribution < 1.29 is 19.8 Å². The van der Waals surface area contributed by atoms with Crippen LogP contribution in [0.4, 0.5) is 0 Å². The van der Waals surface area contributed by atoms with Gasteiger partial charge in [0.2, 0.25) is 0 Å². The maximum Gasteiger partial charge on any atom is 0.376 e. The molecular formula is C13H10O4. The number of fused-ring (bicyclic) bond motifs is 1. The van der Waals surface area contributed by atoms with Gasteiger partial charge in [-0.05, 0) is 17.2 Å². The van der Waals surface area contributed by atoms with Crippen molar-refractivity contribution in [1.29, 1.82) is 0 Å². The lowest BCUT2D eigenvalue weighted by Gasteiger charge is -1.96. The molecule has 4 heteroatoms. The Morgan fingerprint density at radius 3 is 2.59 bits per heavy atom. The Balaban J connectivity index is 2.24. The largest absolute Gasteiger partial charge is 0.507 e. The summed E-state index contributed by atoms with van der Waals surface area (Å²) in [4.78, 5) is 21.2. The van der Waals surface area contributed by atoms with Gasteiger partial charge in [-0.3, -0.25) is 4.79 Å². The third-order valence-electron chi connectivity index (χ3n) is 2.60. The topological polar surface area (TPSA) is 74.6 Å². The van der Waals surface area contributed by atoms with Crippen molar-refractivity contribution in [3.05, 3.63) is 53.1 Å². The molecule has 17 heavy (non-hydrogen) atoms. The van der Waals surface area contributed by atoms with Crippen LogP contribution in [0, 0.1) is 0 Å². The number of ketones is 1. The van der Waals surface area contributed by atoms with Crippen LogP contribution in [0.3, 0.4) is 0 Å². The number of carbonyl (C=O) groups excluding carboxylic acids is 1. The molecule has 1 aliphatic rings. The van der Waals surface area contributed by atoms with E-state index in [1.54, 1.807) is 6.07 Å². The van der Waals surface area contributed by atoms with E-state index in [-0.39, 0.29) is 5.76 Å². The van der Waals surface area contributed by atoms with Gasteiger partial charge in [0.25, 0.3) is 5.78 Å². The van der Waals surface area contributed by atoms with Crippen LogP contribution in [0.25, 0.3) is 5.76 Å². The van der Waals surface area contributed by atoms with Crippen LogP contribution < -0.4 is 0 Å². The van der Waals surface area contributed by atoms with Gasteiger partial charge in [-0.2, -0.15) is 0 Å². The monoisotopic (exact) mass is 230 g/mol. The molecule has 0 atom stereocenters. The predicted molar refractivity (Wildman–Crippen MR) is 61.5 cm³/mol. The van der Waals surface area contributed by atoms with E-state index in [4.69, 9.17) is 5.11 Å². The Kier molecular flexibility index (Phi) is 2.78. The molecule has 1 aromatic rings. The molecule has 0 amide bonds. The summed E-state index contributed by atoms with van der Waals surface area (Å²) in [7, 11) is 0. The Morgan fingerprint density at radius 1 is 1.24 bits per heavy atom. The first-order valence-electron chi connectivity index (χ1n) is 5.05. The second kappa shape index (κ2) is 4.25. The van der Waals surface area contributed by atoms with E-state index in [9.17, 15) is 14.7 Å². The lowest BCUT2D eigenvalue weighted by Crippen LogP contribution is -2.08. The van der Waals surface area contributed by atoms with Gasteiger partial charge in [0, 0.05) is 12.0 Å². The molecule has 0 aliphatic heterocycles. The highest BCUT2D eigenvalue weighted by molar-refractivity contribution is 6.37. The summed E-state index contributed by atoms with van der Waals surface area (Å²) >= 11 is 0. The number of carboxylic acid groups (broad SMARTS) is 1. The first kappa shape index (κ1) is 11.1. The number of carboxylic acids is 1. The Bertz CT molecular complexity index is 552. The summed E-state index contributed by atoms with van der Waals surface area (Å²) in [5, 5.41) is 18.3. The molecule has 0 spiro atoms. The second-order valence-corrected chi connectivity index (χ2v) is 3.71. The van der Waals surface area contributed by atoms with Gasteiger partial charge >= 0.3 is 5.97 Å². The normalized spacial score (nSPS) is 14.1. The molecule has 1 aromatic carbocycles. The summed E-state index contributed by atoms with van der Waals surface area (Å²) in [6.45, 7) is 0. The molecule has 0 heterocycles. The second-order valence-electron chi connectivity index (χ2n) is 3.71. The molecule has 4 nitrogen and oxygen atoms in total. The zero-order chi connectivity index (χ0) is 12.4. The average molecular weight is 230 g/mol. The Morgan fingerprint density at radius 2 is 1.94 bits per heavy atom. The number of aliphatic carboxylic acids is 1. The van der Waals surface area contributed by atoms with E-state index in [2.05, 4.69) is 0 Å². The molecule has 0 radical (unpaired) electrons. The van der Waals surface area contributed by atoms with Crippen LogP contribution in [0.15, 0.2) is 42.0 Å². The minimum atomic E-state index is -1.50. The van der Waals surface area contributed by atoms with Gasteiger partial charge in [-0.25, -0.2) is 4.79 Å². The lowest BCUT2D eigenvalue weighted by atomic mass is 10.1. The Hall–Kier alpha value is -2.36. The van der Waals surface area contributed by atoms with Crippen molar-refractivity contribution in [3.8, 4) is 0 Å². The smallest absolute Gasteiger partial charge is 0.376 e. The number of aliphatic hydroxyl groups excluding tert-OH is 1. The highest BCUT2D eigenvalue weighted by atomic mass is 16.4. The minimum absolute atomic E-state index is 0.107. The van der Waals surface area contributed by atoms with E-state index >= 15 is 0 Å². The van der Waals surface area contributed by atoms with Crippen molar-refractivity contribution >= 4 is 17.5 Å². The van der Waals surface area contributed by atoms with Gasteiger partial charge < -0.3 is 10.2 Å². The average Bonchev–Trinajstić information content (AvgIpc) is 2.64. The molecule has 0 fully saturated rings. The fourth-order valence-corrected chi connectivity index (χ4v) is 1.75. The Labute approximate surface area is 97.5 Å².